The highest BCUT2D eigenvalue weighted by Crippen LogP contribution is 2.03. The molecule has 1 rings (SSSR count). The van der Waals surface area contributed by atoms with Crippen molar-refractivity contribution in [2.24, 2.45) is 0 Å². The van der Waals surface area contributed by atoms with Gasteiger partial charge in [0.1, 0.15) is 0 Å². The van der Waals surface area contributed by atoms with Gasteiger partial charge in [-0.15, -0.1) is 0 Å². The SMILES string of the molecule is CCCC(O)CNCc1cccnc1C. The van der Waals surface area contributed by atoms with Crippen molar-refractivity contribution in [3.8, 4) is 0 Å². The lowest BCUT2D eigenvalue weighted by Gasteiger charge is -2.11. The molecule has 0 saturated heterocycles. The van der Waals surface area contributed by atoms with E-state index in [1.807, 2.05) is 13.0 Å². The third-order valence-corrected chi connectivity index (χ3v) is 2.43. The van der Waals surface area contributed by atoms with Crippen LogP contribution in [0.1, 0.15) is 31.0 Å². The minimum absolute atomic E-state index is 0.230. The zero-order valence-corrected chi connectivity index (χ0v) is 9.53. The summed E-state index contributed by atoms with van der Waals surface area (Å²) in [5.74, 6) is 0. The maximum atomic E-state index is 9.52. The van der Waals surface area contributed by atoms with Gasteiger partial charge in [-0.2, -0.15) is 0 Å². The molecule has 1 unspecified atom stereocenters. The number of pyridine rings is 1. The van der Waals surface area contributed by atoms with Crippen LogP contribution in [-0.2, 0) is 6.54 Å². The molecule has 0 aliphatic rings. The molecule has 1 aromatic rings. The number of nitrogens with one attached hydrogen (secondary N) is 1. The molecule has 0 radical (unpaired) electrons. The fourth-order valence-corrected chi connectivity index (χ4v) is 1.51. The lowest BCUT2D eigenvalue weighted by molar-refractivity contribution is 0.160. The van der Waals surface area contributed by atoms with E-state index in [4.69, 9.17) is 0 Å². The van der Waals surface area contributed by atoms with E-state index in [9.17, 15) is 5.11 Å². The fraction of sp³-hybridized carbons (Fsp3) is 0.583. The van der Waals surface area contributed by atoms with Crippen molar-refractivity contribution >= 4 is 0 Å². The molecular weight excluding hydrogens is 188 g/mol. The summed E-state index contributed by atoms with van der Waals surface area (Å²) in [5.41, 5.74) is 2.25. The molecule has 0 amide bonds. The Morgan fingerprint density at radius 1 is 1.53 bits per heavy atom. The van der Waals surface area contributed by atoms with Crippen LogP contribution in [0.2, 0.25) is 0 Å². The summed E-state index contributed by atoms with van der Waals surface area (Å²) in [7, 11) is 0. The van der Waals surface area contributed by atoms with Gasteiger partial charge in [-0.25, -0.2) is 0 Å². The smallest absolute Gasteiger partial charge is 0.0664 e. The van der Waals surface area contributed by atoms with E-state index in [1.54, 1.807) is 6.20 Å². The predicted octanol–water partition coefficient (Wildman–Crippen LogP) is 1.64. The molecule has 0 spiro atoms. The van der Waals surface area contributed by atoms with Crippen molar-refractivity contribution in [3.63, 3.8) is 0 Å². The van der Waals surface area contributed by atoms with Crippen molar-refractivity contribution in [1.29, 1.82) is 0 Å². The second kappa shape index (κ2) is 6.53. The lowest BCUT2D eigenvalue weighted by atomic mass is 10.2. The standard InChI is InChI=1S/C12H20N2O/c1-3-5-12(15)9-13-8-11-6-4-7-14-10(11)2/h4,6-7,12-13,15H,3,5,8-9H2,1-2H3. The van der Waals surface area contributed by atoms with Crippen LogP contribution < -0.4 is 5.32 Å². The van der Waals surface area contributed by atoms with Crippen molar-refractivity contribution in [2.45, 2.75) is 39.3 Å². The highest BCUT2D eigenvalue weighted by atomic mass is 16.3. The van der Waals surface area contributed by atoms with Crippen LogP contribution in [-0.4, -0.2) is 22.7 Å². The molecule has 0 aromatic carbocycles. The third kappa shape index (κ3) is 4.40. The molecule has 0 aliphatic carbocycles. The Labute approximate surface area is 91.5 Å². The van der Waals surface area contributed by atoms with Crippen molar-refractivity contribution in [3.05, 3.63) is 29.6 Å². The lowest BCUT2D eigenvalue weighted by Crippen LogP contribution is -2.26. The molecule has 3 heteroatoms. The molecule has 0 fully saturated rings. The second-order valence-electron chi connectivity index (χ2n) is 3.82. The molecule has 15 heavy (non-hydrogen) atoms. The zero-order chi connectivity index (χ0) is 11.1. The number of hydrogen-bond donors (Lipinski definition) is 2. The van der Waals surface area contributed by atoms with Crippen LogP contribution in [0.3, 0.4) is 0 Å². The fourth-order valence-electron chi connectivity index (χ4n) is 1.51. The number of aryl methyl sites for hydroxylation is 1. The van der Waals surface area contributed by atoms with Gasteiger partial charge in [0.25, 0.3) is 0 Å². The molecule has 0 saturated carbocycles. The van der Waals surface area contributed by atoms with Crippen molar-refractivity contribution in [1.82, 2.24) is 10.3 Å². The second-order valence-corrected chi connectivity index (χ2v) is 3.82. The summed E-state index contributed by atoms with van der Waals surface area (Å²) >= 11 is 0. The Hall–Kier alpha value is -0.930. The first-order chi connectivity index (χ1) is 7.24. The van der Waals surface area contributed by atoms with Crippen molar-refractivity contribution < 1.29 is 5.11 Å². The largest absolute Gasteiger partial charge is 0.392 e. The molecule has 1 heterocycles. The minimum atomic E-state index is -0.230. The van der Waals surface area contributed by atoms with E-state index in [0.29, 0.717) is 6.54 Å². The van der Waals surface area contributed by atoms with E-state index in [2.05, 4.69) is 23.3 Å². The first kappa shape index (κ1) is 12.1. The molecule has 2 N–H and O–H groups in total. The van der Waals surface area contributed by atoms with E-state index in [1.165, 1.54) is 5.56 Å². The number of hydrogen-bond acceptors (Lipinski definition) is 3. The zero-order valence-electron chi connectivity index (χ0n) is 9.53. The molecular formula is C12H20N2O. The summed E-state index contributed by atoms with van der Waals surface area (Å²) in [5, 5.41) is 12.8. The molecule has 0 aliphatic heterocycles. The highest BCUT2D eigenvalue weighted by molar-refractivity contribution is 5.17. The normalized spacial score (nSPS) is 12.7. The molecule has 1 aromatic heterocycles. The first-order valence-corrected chi connectivity index (χ1v) is 5.53. The van der Waals surface area contributed by atoms with Gasteiger partial charge in [0.2, 0.25) is 0 Å². The topological polar surface area (TPSA) is 45.1 Å². The van der Waals surface area contributed by atoms with Crippen LogP contribution in [0.15, 0.2) is 18.3 Å². The average Bonchev–Trinajstić information content (AvgIpc) is 2.21. The van der Waals surface area contributed by atoms with Crippen LogP contribution in [0.5, 0.6) is 0 Å². The maximum Gasteiger partial charge on any atom is 0.0664 e. The third-order valence-electron chi connectivity index (χ3n) is 2.43. The Kier molecular flexibility index (Phi) is 5.29. The van der Waals surface area contributed by atoms with E-state index in [0.717, 1.165) is 25.1 Å². The Balaban J connectivity index is 2.29. The van der Waals surface area contributed by atoms with Gasteiger partial charge in [-0.1, -0.05) is 19.4 Å². The molecule has 0 bridgehead atoms. The number of rotatable bonds is 6. The number of nitrogens with zero attached hydrogens (tertiary/aromatic N) is 1. The van der Waals surface area contributed by atoms with Gasteiger partial charge in [-0.05, 0) is 25.0 Å². The number of aliphatic hydroxyl groups is 1. The molecule has 3 nitrogen and oxygen atoms in total. The van der Waals surface area contributed by atoms with Crippen LogP contribution in [0.4, 0.5) is 0 Å². The summed E-state index contributed by atoms with van der Waals surface area (Å²) < 4.78 is 0. The van der Waals surface area contributed by atoms with E-state index in [-0.39, 0.29) is 6.10 Å². The van der Waals surface area contributed by atoms with Gasteiger partial charge in [0.15, 0.2) is 0 Å². The van der Waals surface area contributed by atoms with E-state index >= 15 is 0 Å². The van der Waals surface area contributed by atoms with Gasteiger partial charge in [-0.3, -0.25) is 4.98 Å². The van der Waals surface area contributed by atoms with E-state index < -0.39 is 0 Å². The predicted molar refractivity (Wildman–Crippen MR) is 61.6 cm³/mol. The van der Waals surface area contributed by atoms with Gasteiger partial charge in [0, 0.05) is 25.0 Å². The number of aliphatic hydroxyl groups excluding tert-OH is 1. The Bertz CT molecular complexity index is 289. The quantitative estimate of drug-likeness (QED) is 0.747. The highest BCUT2D eigenvalue weighted by Gasteiger charge is 2.02. The monoisotopic (exact) mass is 208 g/mol. The van der Waals surface area contributed by atoms with Gasteiger partial charge < -0.3 is 10.4 Å². The van der Waals surface area contributed by atoms with Crippen molar-refractivity contribution in [2.75, 3.05) is 6.54 Å². The van der Waals surface area contributed by atoms with Crippen LogP contribution >= 0.6 is 0 Å². The van der Waals surface area contributed by atoms with Crippen LogP contribution in [0.25, 0.3) is 0 Å². The van der Waals surface area contributed by atoms with Crippen LogP contribution in [0, 0.1) is 6.92 Å². The molecule has 84 valence electrons. The summed E-state index contributed by atoms with van der Waals surface area (Å²) in [4.78, 5) is 4.21. The number of aromatic nitrogens is 1. The Morgan fingerprint density at radius 2 is 2.33 bits per heavy atom. The maximum absolute atomic E-state index is 9.52. The minimum Gasteiger partial charge on any atom is -0.392 e. The summed E-state index contributed by atoms with van der Waals surface area (Å²) in [6.45, 7) is 5.51. The molecule has 1 atom stereocenters. The first-order valence-electron chi connectivity index (χ1n) is 5.53. The van der Waals surface area contributed by atoms with Gasteiger partial charge in [0.05, 0.1) is 6.10 Å². The summed E-state index contributed by atoms with van der Waals surface area (Å²) in [6, 6.07) is 3.99. The van der Waals surface area contributed by atoms with Gasteiger partial charge >= 0.3 is 0 Å². The Morgan fingerprint density at radius 3 is 3.00 bits per heavy atom. The summed E-state index contributed by atoms with van der Waals surface area (Å²) in [6.07, 6.45) is 3.45. The average molecular weight is 208 g/mol.